The van der Waals surface area contributed by atoms with Gasteiger partial charge in [-0.2, -0.15) is 4.31 Å². The van der Waals surface area contributed by atoms with Gasteiger partial charge in [0.2, 0.25) is 10.0 Å². The Morgan fingerprint density at radius 2 is 1.83 bits per heavy atom. The summed E-state index contributed by atoms with van der Waals surface area (Å²) in [4.78, 5) is 21.1. The van der Waals surface area contributed by atoms with E-state index in [0.29, 0.717) is 36.0 Å². The van der Waals surface area contributed by atoms with Crippen LogP contribution in [0.4, 0.5) is 0 Å². The minimum atomic E-state index is -3.49. The normalized spacial score (nSPS) is 16.5. The number of carbonyl (C=O) groups excluding carboxylic acids is 1. The molecule has 9 heteroatoms. The maximum absolute atomic E-state index is 12.8. The van der Waals surface area contributed by atoms with Crippen LogP contribution in [0.5, 0.6) is 0 Å². The second-order valence-corrected chi connectivity index (χ2v) is 9.96. The fraction of sp³-hybridized carbons (Fsp3) is 0.467. The summed E-state index contributed by atoms with van der Waals surface area (Å²) >= 11 is 2.82. The van der Waals surface area contributed by atoms with E-state index >= 15 is 0 Å². The Bertz CT molecular complexity index is 862. The molecule has 0 unspecified atom stereocenters. The predicted molar refractivity (Wildman–Crippen MR) is 95.3 cm³/mol. The van der Waals surface area contributed by atoms with Crippen molar-refractivity contribution in [2.75, 3.05) is 26.2 Å². The average molecular weight is 386 g/mol. The SMILES string of the molecule is Cc1cc(S(=O)(=O)N2CCN(C(=O)c3scnc3C)CC2)c(C)s1. The number of hydrogen-bond acceptors (Lipinski definition) is 6. The number of hydrogen-bond donors (Lipinski definition) is 0. The number of nitrogens with zero attached hydrogens (tertiary/aromatic N) is 3. The van der Waals surface area contributed by atoms with E-state index in [1.807, 2.05) is 20.8 Å². The van der Waals surface area contributed by atoms with E-state index in [-0.39, 0.29) is 5.91 Å². The smallest absolute Gasteiger partial charge is 0.265 e. The topological polar surface area (TPSA) is 70.6 Å². The van der Waals surface area contributed by atoms with E-state index < -0.39 is 10.0 Å². The second kappa shape index (κ2) is 6.55. The molecular formula is C15H19N3O3S3. The zero-order valence-electron chi connectivity index (χ0n) is 13.8. The number of carbonyl (C=O) groups is 1. The molecule has 1 fully saturated rings. The zero-order valence-corrected chi connectivity index (χ0v) is 16.2. The van der Waals surface area contributed by atoms with Crippen molar-refractivity contribution in [3.05, 3.63) is 31.9 Å². The maximum Gasteiger partial charge on any atom is 0.265 e. The summed E-state index contributed by atoms with van der Waals surface area (Å²) in [6.07, 6.45) is 0. The van der Waals surface area contributed by atoms with Gasteiger partial charge in [-0.1, -0.05) is 0 Å². The van der Waals surface area contributed by atoms with Crippen LogP contribution in [0, 0.1) is 20.8 Å². The molecule has 0 saturated carbocycles. The first kappa shape index (κ1) is 17.5. The van der Waals surface area contributed by atoms with Gasteiger partial charge in [-0.25, -0.2) is 13.4 Å². The average Bonchev–Trinajstić information content (AvgIpc) is 3.12. The van der Waals surface area contributed by atoms with Crippen molar-refractivity contribution in [2.45, 2.75) is 25.7 Å². The molecule has 2 aromatic heterocycles. The monoisotopic (exact) mass is 385 g/mol. The summed E-state index contributed by atoms with van der Waals surface area (Å²) in [5, 5.41) is 0. The summed E-state index contributed by atoms with van der Waals surface area (Å²) < 4.78 is 27.1. The number of thiazole rings is 1. The van der Waals surface area contributed by atoms with Gasteiger partial charge in [0.05, 0.1) is 16.1 Å². The molecule has 0 aliphatic carbocycles. The Kier molecular flexibility index (Phi) is 4.78. The van der Waals surface area contributed by atoms with Crippen molar-refractivity contribution < 1.29 is 13.2 Å². The van der Waals surface area contributed by atoms with Gasteiger partial charge in [0.25, 0.3) is 5.91 Å². The Morgan fingerprint density at radius 1 is 1.17 bits per heavy atom. The number of rotatable bonds is 3. The quantitative estimate of drug-likeness (QED) is 0.813. The van der Waals surface area contributed by atoms with Crippen LogP contribution in [0.15, 0.2) is 16.5 Å². The number of amides is 1. The largest absolute Gasteiger partial charge is 0.335 e. The third-order valence-electron chi connectivity index (χ3n) is 4.08. The first-order valence-electron chi connectivity index (χ1n) is 7.57. The molecule has 3 heterocycles. The Balaban J connectivity index is 1.72. The van der Waals surface area contributed by atoms with Gasteiger partial charge in [0.15, 0.2) is 0 Å². The zero-order chi connectivity index (χ0) is 17.5. The number of sulfonamides is 1. The predicted octanol–water partition coefficient (Wildman–Crippen LogP) is 2.28. The Morgan fingerprint density at radius 3 is 2.33 bits per heavy atom. The molecule has 1 aliphatic rings. The highest BCUT2D eigenvalue weighted by Crippen LogP contribution is 2.28. The van der Waals surface area contributed by atoms with Crippen LogP contribution in [0.1, 0.15) is 25.1 Å². The maximum atomic E-state index is 12.8. The summed E-state index contributed by atoms with van der Waals surface area (Å²) in [7, 11) is -3.49. The highest BCUT2D eigenvalue weighted by molar-refractivity contribution is 7.89. The standard InChI is InChI=1S/C15H19N3O3S3/c1-10-8-13(12(3)23-10)24(20,21)18-6-4-17(5-7-18)15(19)14-11(2)16-9-22-14/h8-9H,4-7H2,1-3H3. The van der Waals surface area contributed by atoms with Crippen molar-refractivity contribution in [3.63, 3.8) is 0 Å². The van der Waals surface area contributed by atoms with Crippen LogP contribution < -0.4 is 0 Å². The highest BCUT2D eigenvalue weighted by atomic mass is 32.2. The molecule has 130 valence electrons. The van der Waals surface area contributed by atoms with Gasteiger partial charge in [0, 0.05) is 35.9 Å². The fourth-order valence-corrected chi connectivity index (χ4v) is 6.50. The molecule has 24 heavy (non-hydrogen) atoms. The van der Waals surface area contributed by atoms with Gasteiger partial charge in [-0.15, -0.1) is 22.7 Å². The lowest BCUT2D eigenvalue weighted by Crippen LogP contribution is -2.50. The van der Waals surface area contributed by atoms with E-state index in [0.717, 1.165) is 15.4 Å². The van der Waals surface area contributed by atoms with Crippen molar-refractivity contribution in [1.82, 2.24) is 14.2 Å². The lowest BCUT2D eigenvalue weighted by atomic mass is 10.3. The van der Waals surface area contributed by atoms with E-state index in [9.17, 15) is 13.2 Å². The number of thiophene rings is 1. The van der Waals surface area contributed by atoms with Crippen LogP contribution in [0.2, 0.25) is 0 Å². The molecule has 0 radical (unpaired) electrons. The van der Waals surface area contributed by atoms with Crippen molar-refractivity contribution in [3.8, 4) is 0 Å². The molecule has 0 aromatic carbocycles. The second-order valence-electron chi connectivity index (χ2n) is 5.74. The molecule has 0 N–H and O–H groups in total. The first-order chi connectivity index (χ1) is 11.3. The van der Waals surface area contributed by atoms with Crippen LogP contribution in [0.25, 0.3) is 0 Å². The Labute approximate surface area is 149 Å². The van der Waals surface area contributed by atoms with Gasteiger partial charge >= 0.3 is 0 Å². The minimum Gasteiger partial charge on any atom is -0.335 e. The number of aromatic nitrogens is 1. The molecule has 0 atom stereocenters. The molecular weight excluding hydrogens is 366 g/mol. The molecule has 2 aromatic rings. The minimum absolute atomic E-state index is 0.0605. The molecule has 1 aliphatic heterocycles. The summed E-state index contributed by atoms with van der Waals surface area (Å²) in [5.74, 6) is -0.0605. The lowest BCUT2D eigenvalue weighted by molar-refractivity contribution is 0.0702. The van der Waals surface area contributed by atoms with Crippen molar-refractivity contribution in [1.29, 1.82) is 0 Å². The van der Waals surface area contributed by atoms with E-state index in [4.69, 9.17) is 0 Å². The van der Waals surface area contributed by atoms with Crippen LogP contribution in [0.3, 0.4) is 0 Å². The fourth-order valence-electron chi connectivity index (χ4n) is 2.79. The first-order valence-corrected chi connectivity index (χ1v) is 10.7. The molecule has 3 rings (SSSR count). The van der Waals surface area contributed by atoms with Crippen molar-refractivity contribution in [2.24, 2.45) is 0 Å². The molecule has 0 spiro atoms. The van der Waals surface area contributed by atoms with Gasteiger partial charge < -0.3 is 4.90 Å². The van der Waals surface area contributed by atoms with Gasteiger partial charge in [0.1, 0.15) is 4.88 Å². The van der Waals surface area contributed by atoms with Crippen molar-refractivity contribution >= 4 is 38.6 Å². The van der Waals surface area contributed by atoms with E-state index in [2.05, 4.69) is 4.98 Å². The lowest BCUT2D eigenvalue weighted by Gasteiger charge is -2.33. The van der Waals surface area contributed by atoms with Crippen LogP contribution in [-0.2, 0) is 10.0 Å². The molecule has 0 bridgehead atoms. The molecule has 1 amide bonds. The number of aryl methyl sites for hydroxylation is 3. The van der Waals surface area contributed by atoms with E-state index in [1.54, 1.807) is 16.5 Å². The summed E-state index contributed by atoms with van der Waals surface area (Å²) in [6.45, 7) is 6.99. The highest BCUT2D eigenvalue weighted by Gasteiger charge is 2.32. The molecule has 1 saturated heterocycles. The summed E-state index contributed by atoms with van der Waals surface area (Å²) in [6, 6.07) is 1.73. The van der Waals surface area contributed by atoms with Gasteiger partial charge in [-0.3, -0.25) is 4.79 Å². The third kappa shape index (κ3) is 3.13. The van der Waals surface area contributed by atoms with Gasteiger partial charge in [-0.05, 0) is 26.8 Å². The summed E-state index contributed by atoms with van der Waals surface area (Å²) in [5.41, 5.74) is 2.38. The Hall–Kier alpha value is -1.29. The van der Waals surface area contributed by atoms with Crippen LogP contribution in [-0.4, -0.2) is 54.7 Å². The number of piperazine rings is 1. The third-order valence-corrected chi connectivity index (χ3v) is 8.12. The molecule has 6 nitrogen and oxygen atoms in total. The van der Waals surface area contributed by atoms with E-state index in [1.165, 1.54) is 27.0 Å². The van der Waals surface area contributed by atoms with Crippen LogP contribution >= 0.6 is 22.7 Å².